The second kappa shape index (κ2) is 12.0. The number of alkyl halides is 2. The van der Waals surface area contributed by atoms with Gasteiger partial charge in [0.25, 0.3) is 5.92 Å². The first-order valence-electron chi connectivity index (χ1n) is 15.4. The van der Waals surface area contributed by atoms with E-state index in [0.29, 0.717) is 24.1 Å². The van der Waals surface area contributed by atoms with E-state index in [0.717, 1.165) is 0 Å². The lowest BCUT2D eigenvalue weighted by Crippen LogP contribution is -2.57. The number of fused-ring (bicyclic) bond motifs is 5. The Morgan fingerprint density at radius 1 is 1.20 bits per heavy atom. The molecule has 2 fully saturated rings. The minimum atomic E-state index is -3.44. The van der Waals surface area contributed by atoms with Crippen molar-refractivity contribution in [2.24, 2.45) is 11.3 Å². The van der Waals surface area contributed by atoms with Gasteiger partial charge in [-0.25, -0.2) is 14.8 Å². The Balaban J connectivity index is 1.60. The first-order valence-corrected chi connectivity index (χ1v) is 15.4. The van der Waals surface area contributed by atoms with Crippen molar-refractivity contribution in [3.63, 3.8) is 0 Å². The van der Waals surface area contributed by atoms with Gasteiger partial charge in [-0.15, -0.1) is 0 Å². The minimum absolute atomic E-state index is 0.00461. The van der Waals surface area contributed by atoms with E-state index < -0.39 is 71.3 Å². The summed E-state index contributed by atoms with van der Waals surface area (Å²) in [5, 5.41) is 2.73. The Morgan fingerprint density at radius 2 is 1.93 bits per heavy atom. The molecule has 1 aromatic heterocycles. The summed E-state index contributed by atoms with van der Waals surface area (Å²) >= 11 is 0. The van der Waals surface area contributed by atoms with Crippen LogP contribution >= 0.6 is 0 Å². The monoisotopic (exact) mass is 632 g/mol. The maximum atomic E-state index is 15.9. The molecule has 246 valence electrons. The number of nitrogens with zero attached hydrogens (tertiary/aromatic N) is 3. The van der Waals surface area contributed by atoms with Crippen LogP contribution in [-0.2, 0) is 25.0 Å². The van der Waals surface area contributed by atoms with Crippen molar-refractivity contribution in [1.29, 1.82) is 0 Å². The predicted molar refractivity (Wildman–Crippen MR) is 159 cm³/mol. The second-order valence-corrected chi connectivity index (χ2v) is 13.5. The topological polar surface area (TPSA) is 129 Å². The van der Waals surface area contributed by atoms with Crippen molar-refractivity contribution in [1.82, 2.24) is 20.2 Å². The molecule has 0 unspecified atom stereocenters. The Labute approximate surface area is 261 Å². The standard InChI is InChI=1S/C32H42F2N4O7/c1-8-19-22-16-38(24(19)17(2)39)28(40)26(30(3,4)5)37-29(41)45-31(6)15-23(31)43-13-9-12-32(33,34)25-27(44-22)36-21-14-18(42-7)10-11-20(21)35-25/h10-11,14,19,22-24,26H,8-9,12-13,15-16H2,1-7H3,(H,37,41)/t19-,22+,23-,24-,26-,31-/m1/s1. The van der Waals surface area contributed by atoms with Crippen LogP contribution in [0.2, 0.25) is 0 Å². The highest BCUT2D eigenvalue weighted by Gasteiger charge is 2.56. The molecule has 2 aliphatic heterocycles. The third kappa shape index (κ3) is 6.54. The number of Topliss-reactive ketones (excluding diaryl/α,β-unsaturated/α-hetero) is 1. The van der Waals surface area contributed by atoms with Gasteiger partial charge in [0.2, 0.25) is 11.8 Å². The lowest BCUT2D eigenvalue weighted by molar-refractivity contribution is -0.141. The highest BCUT2D eigenvalue weighted by atomic mass is 19.3. The number of ketones is 1. The van der Waals surface area contributed by atoms with Gasteiger partial charge >= 0.3 is 6.09 Å². The molecule has 2 bridgehead atoms. The van der Waals surface area contributed by atoms with Crippen LogP contribution < -0.4 is 14.8 Å². The van der Waals surface area contributed by atoms with E-state index in [-0.39, 0.29) is 36.8 Å². The molecule has 45 heavy (non-hydrogen) atoms. The third-order valence-electron chi connectivity index (χ3n) is 8.98. The molecule has 1 aliphatic carbocycles. The van der Waals surface area contributed by atoms with Crippen LogP contribution in [0.4, 0.5) is 13.6 Å². The summed E-state index contributed by atoms with van der Waals surface area (Å²) in [6.07, 6.45) is -1.93. The molecule has 3 heterocycles. The van der Waals surface area contributed by atoms with Gasteiger partial charge in [0.15, 0.2) is 11.5 Å². The van der Waals surface area contributed by atoms with Gasteiger partial charge in [0, 0.05) is 31.4 Å². The fourth-order valence-electron chi connectivity index (χ4n) is 6.31. The molecule has 0 spiro atoms. The molecule has 6 atom stereocenters. The summed E-state index contributed by atoms with van der Waals surface area (Å²) in [5.41, 5.74) is -1.82. The second-order valence-electron chi connectivity index (χ2n) is 13.5. The number of nitrogens with one attached hydrogen (secondary N) is 1. The number of hydrogen-bond donors (Lipinski definition) is 1. The van der Waals surface area contributed by atoms with E-state index >= 15 is 8.78 Å². The molecule has 2 aromatic rings. The number of rotatable bonds is 3. The van der Waals surface area contributed by atoms with Crippen LogP contribution in [0.5, 0.6) is 11.6 Å². The fourth-order valence-corrected chi connectivity index (χ4v) is 6.31. The van der Waals surface area contributed by atoms with E-state index in [4.69, 9.17) is 18.9 Å². The third-order valence-corrected chi connectivity index (χ3v) is 8.98. The van der Waals surface area contributed by atoms with Crippen LogP contribution in [-0.4, -0.2) is 82.8 Å². The zero-order valence-electron chi connectivity index (χ0n) is 26.8. The van der Waals surface area contributed by atoms with Gasteiger partial charge in [-0.1, -0.05) is 27.7 Å². The average molecular weight is 633 g/mol. The smallest absolute Gasteiger partial charge is 0.408 e. The van der Waals surface area contributed by atoms with E-state index in [2.05, 4.69) is 15.3 Å². The van der Waals surface area contributed by atoms with Crippen molar-refractivity contribution in [2.75, 3.05) is 20.3 Å². The summed E-state index contributed by atoms with van der Waals surface area (Å²) in [6, 6.07) is 2.78. The highest BCUT2D eigenvalue weighted by molar-refractivity contribution is 5.92. The van der Waals surface area contributed by atoms with Crippen molar-refractivity contribution < 1.29 is 42.1 Å². The van der Waals surface area contributed by atoms with Crippen molar-refractivity contribution in [2.45, 2.75) is 103 Å². The summed E-state index contributed by atoms with van der Waals surface area (Å²) in [7, 11) is 1.48. The zero-order valence-corrected chi connectivity index (χ0v) is 26.8. The summed E-state index contributed by atoms with van der Waals surface area (Å²) in [6.45, 7) is 10.2. The SMILES string of the molecule is CC[C@@H]1[C@@H]2CN(C(=O)[C@H](C(C)(C)C)NC(=O)O[C@]3(C)C[C@H]3OCCCC(F)(F)c3nc4ccc(OC)cc4nc3O2)[C@@H]1C(C)=O. The molecular weight excluding hydrogens is 590 g/mol. The molecule has 11 nitrogen and oxygen atoms in total. The average Bonchev–Trinajstić information content (AvgIpc) is 3.44. The highest BCUT2D eigenvalue weighted by Crippen LogP contribution is 2.44. The quantitative estimate of drug-likeness (QED) is 0.508. The molecule has 1 aromatic carbocycles. The first-order chi connectivity index (χ1) is 21.1. The number of methoxy groups -OCH3 is 1. The molecule has 1 saturated heterocycles. The Hall–Kier alpha value is -3.61. The molecule has 1 saturated carbocycles. The number of benzene rings is 1. The van der Waals surface area contributed by atoms with Gasteiger partial charge in [0.05, 0.1) is 30.7 Å². The first kappa shape index (κ1) is 32.8. The molecule has 2 amide bonds. The van der Waals surface area contributed by atoms with Gasteiger partial charge < -0.3 is 29.2 Å². The van der Waals surface area contributed by atoms with Crippen LogP contribution in [0.15, 0.2) is 18.2 Å². The number of carbonyl (C=O) groups excluding carboxylic acids is 3. The van der Waals surface area contributed by atoms with Crippen LogP contribution in [0.3, 0.4) is 0 Å². The Kier molecular flexibility index (Phi) is 8.71. The van der Waals surface area contributed by atoms with Crippen LogP contribution in [0, 0.1) is 11.3 Å². The number of hydrogen-bond acceptors (Lipinski definition) is 9. The van der Waals surface area contributed by atoms with Crippen LogP contribution in [0.25, 0.3) is 11.0 Å². The van der Waals surface area contributed by atoms with Gasteiger partial charge in [0.1, 0.15) is 29.6 Å². The lowest BCUT2D eigenvalue weighted by atomic mass is 9.85. The molecule has 1 N–H and O–H groups in total. The summed E-state index contributed by atoms with van der Waals surface area (Å²) < 4.78 is 54.9. The maximum absolute atomic E-state index is 15.9. The van der Waals surface area contributed by atoms with E-state index in [1.54, 1.807) is 45.9 Å². The zero-order chi connectivity index (χ0) is 32.9. The largest absolute Gasteiger partial charge is 0.497 e. The van der Waals surface area contributed by atoms with Crippen LogP contribution in [0.1, 0.15) is 72.9 Å². The van der Waals surface area contributed by atoms with E-state index in [9.17, 15) is 14.4 Å². The molecule has 5 rings (SSSR count). The molecule has 3 aliphatic rings. The molecular formula is C32H42F2N4O7. The number of halogens is 2. The predicted octanol–water partition coefficient (Wildman–Crippen LogP) is 4.79. The fraction of sp³-hybridized carbons (Fsp3) is 0.656. The van der Waals surface area contributed by atoms with Gasteiger partial charge in [-0.3, -0.25) is 9.59 Å². The summed E-state index contributed by atoms with van der Waals surface area (Å²) in [4.78, 5) is 50.5. The molecule has 0 radical (unpaired) electrons. The Bertz CT molecular complexity index is 1480. The number of alkyl carbamates (subject to hydrolysis) is 1. The normalized spacial score (nSPS) is 30.6. The van der Waals surface area contributed by atoms with Gasteiger partial charge in [-0.05, 0) is 44.2 Å². The number of ether oxygens (including phenoxy) is 4. The number of carbonyl (C=O) groups is 3. The van der Waals surface area contributed by atoms with E-state index in [1.165, 1.54) is 18.9 Å². The van der Waals surface area contributed by atoms with Crippen molar-refractivity contribution >= 4 is 28.8 Å². The summed E-state index contributed by atoms with van der Waals surface area (Å²) in [5.74, 6) is -4.67. The van der Waals surface area contributed by atoms with Gasteiger partial charge in [-0.2, -0.15) is 8.78 Å². The maximum Gasteiger partial charge on any atom is 0.408 e. The van der Waals surface area contributed by atoms with E-state index in [1.807, 2.05) is 6.92 Å². The number of aromatic nitrogens is 2. The number of amides is 2. The Morgan fingerprint density at radius 3 is 2.58 bits per heavy atom. The molecule has 13 heteroatoms. The lowest BCUT2D eigenvalue weighted by Gasteiger charge is -2.35. The van der Waals surface area contributed by atoms with Crippen molar-refractivity contribution in [3.8, 4) is 11.6 Å². The minimum Gasteiger partial charge on any atom is -0.497 e. The van der Waals surface area contributed by atoms with Crippen molar-refractivity contribution in [3.05, 3.63) is 23.9 Å².